The summed E-state index contributed by atoms with van der Waals surface area (Å²) < 4.78 is 7.33. The molecule has 0 N–H and O–H groups in total. The molecule has 2 aromatic rings. The predicted octanol–water partition coefficient (Wildman–Crippen LogP) is 2.48. The van der Waals surface area contributed by atoms with Gasteiger partial charge in [-0.25, -0.2) is 4.79 Å². The zero-order valence-electron chi connectivity index (χ0n) is 9.26. The molecule has 4 nitrogen and oxygen atoms in total. The van der Waals surface area contributed by atoms with E-state index in [1.54, 1.807) is 16.9 Å². The Morgan fingerprint density at radius 2 is 2.06 bits per heavy atom. The molecule has 0 amide bonds. The van der Waals surface area contributed by atoms with E-state index in [1.807, 2.05) is 24.3 Å². The maximum absolute atomic E-state index is 11.4. The van der Waals surface area contributed by atoms with Crippen LogP contribution in [0.2, 0.25) is 0 Å². The molecule has 1 heterocycles. The van der Waals surface area contributed by atoms with Gasteiger partial charge in [-0.1, -0.05) is 28.1 Å². The van der Waals surface area contributed by atoms with E-state index in [9.17, 15) is 4.79 Å². The van der Waals surface area contributed by atoms with Gasteiger partial charge in [0.2, 0.25) is 0 Å². The zero-order chi connectivity index (χ0) is 12.3. The molecule has 0 aliphatic rings. The first-order valence-electron chi connectivity index (χ1n) is 5.05. The highest BCUT2D eigenvalue weighted by Gasteiger charge is 2.11. The summed E-state index contributed by atoms with van der Waals surface area (Å²) in [6, 6.07) is 9.51. The fraction of sp³-hybridized carbons (Fsp3) is 0.167. The first kappa shape index (κ1) is 11.9. The van der Waals surface area contributed by atoms with E-state index >= 15 is 0 Å². The van der Waals surface area contributed by atoms with E-state index in [0.29, 0.717) is 12.2 Å². The Morgan fingerprint density at radius 3 is 2.71 bits per heavy atom. The SMILES string of the molecule is COC(=O)c1ccnn1Cc1ccc(Br)cc1. The molecule has 0 saturated carbocycles. The highest BCUT2D eigenvalue weighted by atomic mass is 79.9. The molecule has 0 unspecified atom stereocenters. The van der Waals surface area contributed by atoms with Crippen molar-refractivity contribution in [1.29, 1.82) is 0 Å². The topological polar surface area (TPSA) is 44.1 Å². The van der Waals surface area contributed by atoms with E-state index in [4.69, 9.17) is 0 Å². The number of ether oxygens (including phenoxy) is 1. The average Bonchev–Trinajstić information content (AvgIpc) is 2.79. The lowest BCUT2D eigenvalue weighted by atomic mass is 10.2. The third kappa shape index (κ3) is 2.74. The molecule has 17 heavy (non-hydrogen) atoms. The standard InChI is InChI=1S/C12H11BrN2O2/c1-17-12(16)11-6-7-14-15(11)8-9-2-4-10(13)5-3-9/h2-7H,8H2,1H3. The van der Waals surface area contributed by atoms with E-state index in [0.717, 1.165) is 10.0 Å². The molecule has 5 heteroatoms. The van der Waals surface area contributed by atoms with Crippen LogP contribution in [0.25, 0.3) is 0 Å². The normalized spacial score (nSPS) is 10.2. The third-order valence-electron chi connectivity index (χ3n) is 2.36. The summed E-state index contributed by atoms with van der Waals surface area (Å²) in [6.07, 6.45) is 1.59. The van der Waals surface area contributed by atoms with Gasteiger partial charge in [-0.2, -0.15) is 5.10 Å². The zero-order valence-corrected chi connectivity index (χ0v) is 10.8. The summed E-state index contributed by atoms with van der Waals surface area (Å²) in [6.45, 7) is 0.546. The van der Waals surface area contributed by atoms with Crippen LogP contribution in [0, 0.1) is 0 Å². The number of carbonyl (C=O) groups excluding carboxylic acids is 1. The fourth-order valence-electron chi connectivity index (χ4n) is 1.50. The molecule has 0 bridgehead atoms. The molecule has 0 aliphatic carbocycles. The van der Waals surface area contributed by atoms with Crippen LogP contribution >= 0.6 is 15.9 Å². The van der Waals surface area contributed by atoms with Gasteiger partial charge in [0.05, 0.1) is 13.7 Å². The van der Waals surface area contributed by atoms with Gasteiger partial charge in [0.1, 0.15) is 5.69 Å². The van der Waals surface area contributed by atoms with Crippen molar-refractivity contribution in [3.05, 3.63) is 52.3 Å². The number of carbonyl (C=O) groups is 1. The highest BCUT2D eigenvalue weighted by Crippen LogP contribution is 2.12. The summed E-state index contributed by atoms with van der Waals surface area (Å²) in [5, 5.41) is 4.11. The van der Waals surface area contributed by atoms with Crippen molar-refractivity contribution in [3.8, 4) is 0 Å². The molecule has 0 spiro atoms. The van der Waals surface area contributed by atoms with Crippen LogP contribution in [0.3, 0.4) is 0 Å². The van der Waals surface area contributed by atoms with E-state index in [2.05, 4.69) is 25.8 Å². The lowest BCUT2D eigenvalue weighted by Crippen LogP contribution is -2.12. The number of hydrogen-bond donors (Lipinski definition) is 0. The molecule has 0 atom stereocenters. The van der Waals surface area contributed by atoms with Crippen molar-refractivity contribution >= 4 is 21.9 Å². The maximum Gasteiger partial charge on any atom is 0.356 e. The molecule has 0 saturated heterocycles. The number of rotatable bonds is 3. The number of nitrogens with zero attached hydrogens (tertiary/aromatic N) is 2. The highest BCUT2D eigenvalue weighted by molar-refractivity contribution is 9.10. The summed E-state index contributed by atoms with van der Waals surface area (Å²) in [5.74, 6) is -0.375. The minimum absolute atomic E-state index is 0.375. The lowest BCUT2D eigenvalue weighted by Gasteiger charge is -2.06. The van der Waals surface area contributed by atoms with Gasteiger partial charge in [0.15, 0.2) is 0 Å². The van der Waals surface area contributed by atoms with E-state index < -0.39 is 0 Å². The number of aromatic nitrogens is 2. The minimum atomic E-state index is -0.375. The minimum Gasteiger partial charge on any atom is -0.464 e. The van der Waals surface area contributed by atoms with E-state index in [1.165, 1.54) is 7.11 Å². The molecular formula is C12H11BrN2O2. The summed E-state index contributed by atoms with van der Waals surface area (Å²) in [4.78, 5) is 11.4. The van der Waals surface area contributed by atoms with Crippen LogP contribution in [0.4, 0.5) is 0 Å². The predicted molar refractivity (Wildman–Crippen MR) is 66.8 cm³/mol. The Balaban J connectivity index is 2.21. The molecule has 0 radical (unpaired) electrons. The van der Waals surface area contributed by atoms with Gasteiger partial charge in [-0.3, -0.25) is 4.68 Å². The second-order valence-electron chi connectivity index (χ2n) is 3.49. The first-order valence-corrected chi connectivity index (χ1v) is 5.84. The van der Waals surface area contributed by atoms with Crippen molar-refractivity contribution in [2.24, 2.45) is 0 Å². The number of benzene rings is 1. The average molecular weight is 295 g/mol. The molecule has 88 valence electrons. The molecule has 2 rings (SSSR count). The first-order chi connectivity index (χ1) is 8.20. The van der Waals surface area contributed by atoms with Gasteiger partial charge in [0, 0.05) is 10.7 Å². The van der Waals surface area contributed by atoms with Crippen molar-refractivity contribution in [1.82, 2.24) is 9.78 Å². The Bertz CT molecular complexity index is 520. The fourth-order valence-corrected chi connectivity index (χ4v) is 1.76. The molecule has 1 aromatic carbocycles. The van der Waals surface area contributed by atoms with Crippen LogP contribution in [-0.4, -0.2) is 22.9 Å². The Morgan fingerprint density at radius 1 is 1.35 bits per heavy atom. The monoisotopic (exact) mass is 294 g/mol. The summed E-state index contributed by atoms with van der Waals surface area (Å²) >= 11 is 3.38. The lowest BCUT2D eigenvalue weighted by molar-refractivity contribution is 0.0587. The third-order valence-corrected chi connectivity index (χ3v) is 2.89. The Kier molecular flexibility index (Phi) is 3.58. The smallest absolute Gasteiger partial charge is 0.356 e. The van der Waals surface area contributed by atoms with Gasteiger partial charge in [0.25, 0.3) is 0 Å². The largest absolute Gasteiger partial charge is 0.464 e. The summed E-state index contributed by atoms with van der Waals surface area (Å²) in [7, 11) is 1.36. The van der Waals surface area contributed by atoms with Crippen LogP contribution in [0.1, 0.15) is 16.1 Å². The van der Waals surface area contributed by atoms with Gasteiger partial charge >= 0.3 is 5.97 Å². The molecular weight excluding hydrogens is 284 g/mol. The number of hydrogen-bond acceptors (Lipinski definition) is 3. The van der Waals surface area contributed by atoms with Crippen molar-refractivity contribution in [3.63, 3.8) is 0 Å². The van der Waals surface area contributed by atoms with Gasteiger partial charge in [-0.15, -0.1) is 0 Å². The van der Waals surface area contributed by atoms with Crippen molar-refractivity contribution in [2.75, 3.05) is 7.11 Å². The quantitative estimate of drug-likeness (QED) is 0.817. The Hall–Kier alpha value is -1.62. The van der Waals surface area contributed by atoms with Crippen LogP contribution in [0.15, 0.2) is 41.0 Å². The van der Waals surface area contributed by atoms with Crippen LogP contribution in [-0.2, 0) is 11.3 Å². The molecule has 1 aromatic heterocycles. The number of esters is 1. The van der Waals surface area contributed by atoms with Crippen molar-refractivity contribution < 1.29 is 9.53 Å². The van der Waals surface area contributed by atoms with Crippen LogP contribution in [0.5, 0.6) is 0 Å². The molecule has 0 fully saturated rings. The van der Waals surface area contributed by atoms with Crippen molar-refractivity contribution in [2.45, 2.75) is 6.54 Å². The van der Waals surface area contributed by atoms with Crippen LogP contribution < -0.4 is 0 Å². The Labute approximate surface area is 107 Å². The number of halogens is 1. The maximum atomic E-state index is 11.4. The number of methoxy groups -OCH3 is 1. The second kappa shape index (κ2) is 5.14. The van der Waals surface area contributed by atoms with Gasteiger partial charge < -0.3 is 4.74 Å². The van der Waals surface area contributed by atoms with E-state index in [-0.39, 0.29) is 5.97 Å². The molecule has 0 aliphatic heterocycles. The second-order valence-corrected chi connectivity index (χ2v) is 4.41. The van der Waals surface area contributed by atoms with Gasteiger partial charge in [-0.05, 0) is 23.8 Å². The summed E-state index contributed by atoms with van der Waals surface area (Å²) in [5.41, 5.74) is 1.53.